The highest BCUT2D eigenvalue weighted by molar-refractivity contribution is 7.47. The number of unbranched alkanes of at least 4 members (excludes halogenated alkanes) is 27. The largest absolute Gasteiger partial charge is 0.472 e. The van der Waals surface area contributed by atoms with Gasteiger partial charge in [-0.05, 0) is 64.2 Å². The van der Waals surface area contributed by atoms with Crippen LogP contribution >= 0.6 is 7.82 Å². The molecule has 0 aromatic rings. The summed E-state index contributed by atoms with van der Waals surface area (Å²) in [5.41, 5.74) is 5.36. The molecule has 3 N–H and O–H groups in total. The number of rotatable bonds is 51. The van der Waals surface area contributed by atoms with Crippen LogP contribution in [0.4, 0.5) is 0 Å². The number of esters is 2. The number of nitrogens with two attached hydrogens (primary N) is 1. The van der Waals surface area contributed by atoms with E-state index >= 15 is 0 Å². The molecule has 0 aromatic heterocycles. The molecule has 0 aliphatic carbocycles. The van der Waals surface area contributed by atoms with Crippen molar-refractivity contribution >= 4 is 19.8 Å². The average Bonchev–Trinajstić information content (AvgIpc) is 3.32. The summed E-state index contributed by atoms with van der Waals surface area (Å²) in [5.74, 6) is -0.972. The van der Waals surface area contributed by atoms with Crippen LogP contribution in [0.25, 0.3) is 0 Å². The zero-order valence-electron chi connectivity index (χ0n) is 43.1. The van der Waals surface area contributed by atoms with Crippen molar-refractivity contribution in [3.8, 4) is 0 Å². The summed E-state index contributed by atoms with van der Waals surface area (Å²) in [5, 5.41) is 0. The normalized spacial score (nSPS) is 13.7. The van der Waals surface area contributed by atoms with Crippen LogP contribution in [-0.4, -0.2) is 49.3 Å². The molecule has 9 nitrogen and oxygen atoms in total. The Morgan fingerprint density at radius 1 is 0.478 bits per heavy atom. The quantitative estimate of drug-likeness (QED) is 0.0264. The van der Waals surface area contributed by atoms with Crippen LogP contribution in [0.2, 0.25) is 0 Å². The van der Waals surface area contributed by atoms with E-state index in [-0.39, 0.29) is 32.6 Å². The third kappa shape index (κ3) is 52.7. The second-order valence-electron chi connectivity index (χ2n) is 18.1. The van der Waals surface area contributed by atoms with Gasteiger partial charge in [-0.2, -0.15) is 0 Å². The standard InChI is InChI=1S/C57H102NO8P/c1-3-5-7-9-11-13-15-17-19-20-21-22-23-24-25-26-27-28-29-30-31-32-33-34-36-37-39-41-43-45-47-49-56(59)63-53-55(54-65-67(61,62)64-52-51-58)66-57(60)50-48-46-44-42-40-38-35-18-16-14-12-10-8-6-4-2/h6,8,12,14,18,20-21,35,40,42,46,48,55H,3-5,7,9-11,13,15-17,19,22-34,36-39,41,43-45,47,49-54,58H2,1-2H3,(H,61,62)/b8-6-,14-12-,21-20-,35-18-,42-40-,48-46-. The molecule has 0 aliphatic rings. The Labute approximate surface area is 411 Å². The lowest BCUT2D eigenvalue weighted by atomic mass is 10.0. The number of allylic oxidation sites excluding steroid dienone is 11. The first-order chi connectivity index (χ1) is 32.8. The van der Waals surface area contributed by atoms with Crippen LogP contribution in [0.15, 0.2) is 72.9 Å². The Morgan fingerprint density at radius 2 is 0.866 bits per heavy atom. The molecule has 0 amide bonds. The van der Waals surface area contributed by atoms with Crippen LogP contribution in [0.5, 0.6) is 0 Å². The lowest BCUT2D eigenvalue weighted by Gasteiger charge is -2.19. The highest BCUT2D eigenvalue weighted by Gasteiger charge is 2.25. The van der Waals surface area contributed by atoms with Gasteiger partial charge in [0.1, 0.15) is 6.61 Å². The van der Waals surface area contributed by atoms with Crippen molar-refractivity contribution in [1.29, 1.82) is 0 Å². The SMILES string of the molecule is CC/C=C\C/C=C\C/C=C\C/C=C\C/C=C\CC(=O)OC(COC(=O)CCCCCCCCCCCCCCCCCCCCC/C=C\CCCCCCCCCC)COP(=O)(O)OCCN. The molecule has 2 unspecified atom stereocenters. The summed E-state index contributed by atoms with van der Waals surface area (Å²) in [6.45, 7) is 3.52. The van der Waals surface area contributed by atoms with Crippen LogP contribution in [0.1, 0.15) is 245 Å². The number of ether oxygens (including phenoxy) is 2. The van der Waals surface area contributed by atoms with Gasteiger partial charge >= 0.3 is 19.8 Å². The van der Waals surface area contributed by atoms with Gasteiger partial charge in [0.2, 0.25) is 0 Å². The molecule has 0 radical (unpaired) electrons. The summed E-state index contributed by atoms with van der Waals surface area (Å²) in [6.07, 6.45) is 67.2. The first-order valence-corrected chi connectivity index (χ1v) is 28.9. The van der Waals surface area contributed by atoms with Gasteiger partial charge in [0.05, 0.1) is 19.6 Å². The molecule has 0 saturated carbocycles. The molecule has 0 aromatic carbocycles. The predicted molar refractivity (Wildman–Crippen MR) is 284 cm³/mol. The van der Waals surface area contributed by atoms with Gasteiger partial charge in [-0.1, -0.05) is 241 Å². The first kappa shape index (κ1) is 64.5. The van der Waals surface area contributed by atoms with E-state index in [0.717, 1.165) is 44.9 Å². The van der Waals surface area contributed by atoms with Gasteiger partial charge in [0.25, 0.3) is 0 Å². The Morgan fingerprint density at radius 3 is 1.28 bits per heavy atom. The molecule has 0 rings (SSSR count). The van der Waals surface area contributed by atoms with Crippen LogP contribution < -0.4 is 5.73 Å². The van der Waals surface area contributed by atoms with Crippen molar-refractivity contribution in [2.24, 2.45) is 5.73 Å². The van der Waals surface area contributed by atoms with Gasteiger partial charge in [-0.3, -0.25) is 18.6 Å². The van der Waals surface area contributed by atoms with E-state index in [1.54, 1.807) is 6.08 Å². The van der Waals surface area contributed by atoms with E-state index in [2.05, 4.69) is 68.5 Å². The molecule has 67 heavy (non-hydrogen) atoms. The summed E-state index contributed by atoms with van der Waals surface area (Å²) < 4.78 is 32.8. The molecule has 2 atom stereocenters. The first-order valence-electron chi connectivity index (χ1n) is 27.4. The Balaban J connectivity index is 3.94. The maximum Gasteiger partial charge on any atom is 0.472 e. The van der Waals surface area contributed by atoms with Gasteiger partial charge in [0.15, 0.2) is 6.10 Å². The van der Waals surface area contributed by atoms with E-state index in [1.807, 2.05) is 12.2 Å². The number of hydrogen-bond acceptors (Lipinski definition) is 8. The molecular weight excluding hydrogens is 858 g/mol. The molecule has 0 fully saturated rings. The van der Waals surface area contributed by atoms with Crippen LogP contribution in [0.3, 0.4) is 0 Å². The van der Waals surface area contributed by atoms with E-state index in [4.69, 9.17) is 24.3 Å². The smallest absolute Gasteiger partial charge is 0.462 e. The van der Waals surface area contributed by atoms with Gasteiger partial charge in [0, 0.05) is 13.0 Å². The number of phosphoric acid groups is 1. The zero-order valence-corrected chi connectivity index (χ0v) is 44.0. The minimum atomic E-state index is -4.41. The monoisotopic (exact) mass is 960 g/mol. The van der Waals surface area contributed by atoms with E-state index in [9.17, 15) is 19.0 Å². The lowest BCUT2D eigenvalue weighted by Crippen LogP contribution is -2.29. The summed E-state index contributed by atoms with van der Waals surface area (Å²) >= 11 is 0. The zero-order chi connectivity index (χ0) is 48.8. The maximum absolute atomic E-state index is 12.6. The molecule has 10 heteroatoms. The molecule has 0 bridgehead atoms. The Bertz CT molecular complexity index is 1320. The third-order valence-corrected chi connectivity index (χ3v) is 12.6. The predicted octanol–water partition coefficient (Wildman–Crippen LogP) is 17.0. The average molecular weight is 960 g/mol. The number of carbonyl (C=O) groups is 2. The van der Waals surface area contributed by atoms with Crippen LogP contribution in [-0.2, 0) is 32.7 Å². The molecule has 0 heterocycles. The maximum atomic E-state index is 12.6. The molecule has 0 spiro atoms. The van der Waals surface area contributed by atoms with E-state index < -0.39 is 32.5 Å². The minimum Gasteiger partial charge on any atom is -0.462 e. The Kier molecular flexibility index (Phi) is 50.8. The van der Waals surface area contributed by atoms with Crippen molar-refractivity contribution in [3.05, 3.63) is 72.9 Å². The third-order valence-electron chi connectivity index (χ3n) is 11.6. The van der Waals surface area contributed by atoms with Crippen molar-refractivity contribution in [2.75, 3.05) is 26.4 Å². The highest BCUT2D eigenvalue weighted by Crippen LogP contribution is 2.43. The number of carbonyl (C=O) groups excluding carboxylic acids is 2. The highest BCUT2D eigenvalue weighted by atomic mass is 31.2. The number of hydrogen-bond donors (Lipinski definition) is 2. The second kappa shape index (κ2) is 52.8. The lowest BCUT2D eigenvalue weighted by molar-refractivity contribution is -0.160. The van der Waals surface area contributed by atoms with Crippen molar-refractivity contribution in [2.45, 2.75) is 251 Å². The van der Waals surface area contributed by atoms with Gasteiger partial charge < -0.3 is 20.1 Å². The number of phosphoric ester groups is 1. The Hall–Kier alpha value is -2.55. The van der Waals surface area contributed by atoms with E-state index in [0.29, 0.717) is 6.42 Å². The van der Waals surface area contributed by atoms with Crippen LogP contribution in [0, 0.1) is 0 Å². The molecule has 0 aliphatic heterocycles. The fraction of sp³-hybridized carbons (Fsp3) is 0.754. The fourth-order valence-electron chi connectivity index (χ4n) is 7.59. The minimum absolute atomic E-state index is 0.00302. The fourth-order valence-corrected chi connectivity index (χ4v) is 8.35. The molecule has 0 saturated heterocycles. The van der Waals surface area contributed by atoms with Crippen molar-refractivity contribution in [1.82, 2.24) is 0 Å². The van der Waals surface area contributed by atoms with Crippen molar-refractivity contribution < 1.29 is 37.6 Å². The molecule has 388 valence electrons. The summed E-state index contributed by atoms with van der Waals surface area (Å²) in [4.78, 5) is 35.0. The van der Waals surface area contributed by atoms with Gasteiger partial charge in [-0.25, -0.2) is 4.57 Å². The van der Waals surface area contributed by atoms with Gasteiger partial charge in [-0.15, -0.1) is 0 Å². The summed E-state index contributed by atoms with van der Waals surface area (Å²) in [7, 11) is -4.41. The molecular formula is C57H102NO8P. The summed E-state index contributed by atoms with van der Waals surface area (Å²) in [6, 6.07) is 0. The second-order valence-corrected chi connectivity index (χ2v) is 19.5. The van der Waals surface area contributed by atoms with Crippen molar-refractivity contribution in [3.63, 3.8) is 0 Å². The van der Waals surface area contributed by atoms with E-state index in [1.165, 1.54) is 167 Å². The topological polar surface area (TPSA) is 134 Å².